The lowest BCUT2D eigenvalue weighted by Crippen LogP contribution is -2.57. The summed E-state index contributed by atoms with van der Waals surface area (Å²) in [5, 5.41) is 0. The molecule has 0 aromatic rings. The minimum atomic E-state index is -0.575. The third kappa shape index (κ3) is 2.56. The first kappa shape index (κ1) is 13.0. The first-order valence-corrected chi connectivity index (χ1v) is 5.65. The first-order valence-electron chi connectivity index (χ1n) is 4.39. The number of nitrogens with zero attached hydrogens (tertiary/aromatic N) is 2. The van der Waals surface area contributed by atoms with Crippen LogP contribution in [-0.4, -0.2) is 58.0 Å². The van der Waals surface area contributed by atoms with E-state index in [0.29, 0.717) is 0 Å². The van der Waals surface area contributed by atoms with Crippen molar-refractivity contribution >= 4 is 48.9 Å². The predicted octanol–water partition coefficient (Wildman–Crippen LogP) is -1.43. The largest absolute Gasteiger partial charge is 0.273 e. The van der Waals surface area contributed by atoms with Gasteiger partial charge in [0.25, 0.3) is 0 Å². The molecule has 0 N–H and O–H groups in total. The highest BCUT2D eigenvalue weighted by atomic mass is 32.1. The standard InChI is InChI=1S/C8H10N2O4S2/c11-5-1-9(7(13)3-15)6(12)2-10(5)8(14)4-16/h15-16H,1-4H2. The molecule has 0 radical (unpaired) electrons. The van der Waals surface area contributed by atoms with E-state index in [0.717, 1.165) is 9.80 Å². The summed E-state index contributed by atoms with van der Waals surface area (Å²) in [5.74, 6) is -2.54. The van der Waals surface area contributed by atoms with Crippen LogP contribution in [0.3, 0.4) is 0 Å². The van der Waals surface area contributed by atoms with Crippen molar-refractivity contribution in [2.45, 2.75) is 0 Å². The van der Waals surface area contributed by atoms with Gasteiger partial charge in [0, 0.05) is 0 Å². The fraction of sp³-hybridized carbons (Fsp3) is 0.500. The highest BCUT2D eigenvalue weighted by molar-refractivity contribution is 7.81. The number of rotatable bonds is 2. The summed E-state index contributed by atoms with van der Waals surface area (Å²) < 4.78 is 0. The maximum Gasteiger partial charge on any atom is 0.249 e. The van der Waals surface area contributed by atoms with Crippen molar-refractivity contribution < 1.29 is 19.2 Å². The van der Waals surface area contributed by atoms with Crippen LogP contribution in [0.2, 0.25) is 0 Å². The molecule has 1 aliphatic rings. The Hall–Kier alpha value is -1.02. The highest BCUT2D eigenvalue weighted by Gasteiger charge is 2.35. The molecule has 0 atom stereocenters. The quantitative estimate of drug-likeness (QED) is 0.598. The molecule has 6 nitrogen and oxygen atoms in total. The smallest absolute Gasteiger partial charge is 0.249 e. The molecular formula is C8H10N2O4S2. The zero-order chi connectivity index (χ0) is 12.3. The van der Waals surface area contributed by atoms with Crippen molar-refractivity contribution in [3.63, 3.8) is 0 Å². The Balaban J connectivity index is 2.78. The molecule has 1 rings (SSSR count). The zero-order valence-electron chi connectivity index (χ0n) is 8.25. The Labute approximate surface area is 103 Å². The molecule has 1 aliphatic heterocycles. The van der Waals surface area contributed by atoms with Crippen molar-refractivity contribution in [3.8, 4) is 0 Å². The van der Waals surface area contributed by atoms with Gasteiger partial charge in [-0.15, -0.1) is 0 Å². The van der Waals surface area contributed by atoms with Gasteiger partial charge in [-0.1, -0.05) is 0 Å². The van der Waals surface area contributed by atoms with Crippen LogP contribution in [0, 0.1) is 0 Å². The number of hydrogen-bond acceptors (Lipinski definition) is 6. The van der Waals surface area contributed by atoms with Gasteiger partial charge in [0.2, 0.25) is 23.6 Å². The summed E-state index contributed by atoms with van der Waals surface area (Å²) in [6.07, 6.45) is 0. The molecule has 0 spiro atoms. The maximum absolute atomic E-state index is 11.5. The zero-order valence-corrected chi connectivity index (χ0v) is 10.0. The van der Waals surface area contributed by atoms with Crippen LogP contribution in [0.15, 0.2) is 0 Å². The lowest BCUT2D eigenvalue weighted by molar-refractivity contribution is -0.160. The van der Waals surface area contributed by atoms with Gasteiger partial charge in [0.1, 0.15) is 13.1 Å². The average Bonchev–Trinajstić information content (AvgIpc) is 2.29. The van der Waals surface area contributed by atoms with E-state index >= 15 is 0 Å². The summed E-state index contributed by atoms with van der Waals surface area (Å²) in [4.78, 5) is 47.0. The van der Waals surface area contributed by atoms with Gasteiger partial charge in [-0.05, 0) is 0 Å². The van der Waals surface area contributed by atoms with E-state index in [1.807, 2.05) is 0 Å². The minimum Gasteiger partial charge on any atom is -0.273 e. The normalized spacial score (nSPS) is 16.6. The van der Waals surface area contributed by atoms with Crippen LogP contribution in [-0.2, 0) is 19.2 Å². The molecule has 0 unspecified atom stereocenters. The summed E-state index contributed by atoms with van der Waals surface area (Å²) in [6, 6.07) is 0. The second kappa shape index (κ2) is 5.35. The molecule has 0 aromatic heterocycles. The molecule has 1 saturated heterocycles. The average molecular weight is 262 g/mol. The van der Waals surface area contributed by atoms with E-state index in [1.165, 1.54) is 0 Å². The van der Waals surface area contributed by atoms with Gasteiger partial charge < -0.3 is 0 Å². The third-order valence-electron chi connectivity index (χ3n) is 2.06. The molecule has 88 valence electrons. The van der Waals surface area contributed by atoms with E-state index < -0.39 is 36.7 Å². The minimum absolute atomic E-state index is 0.153. The molecule has 16 heavy (non-hydrogen) atoms. The van der Waals surface area contributed by atoms with Crippen molar-refractivity contribution in [1.82, 2.24) is 9.80 Å². The number of thiol groups is 2. The van der Waals surface area contributed by atoms with E-state index in [4.69, 9.17) is 0 Å². The Morgan fingerprint density at radius 2 is 1.25 bits per heavy atom. The lowest BCUT2D eigenvalue weighted by Gasteiger charge is -2.30. The van der Waals surface area contributed by atoms with E-state index in [2.05, 4.69) is 25.3 Å². The van der Waals surface area contributed by atoms with Crippen molar-refractivity contribution in [1.29, 1.82) is 0 Å². The number of amides is 4. The van der Waals surface area contributed by atoms with Gasteiger partial charge in [-0.3, -0.25) is 29.0 Å². The third-order valence-corrected chi connectivity index (χ3v) is 2.60. The second-order valence-corrected chi connectivity index (χ2v) is 3.70. The molecular weight excluding hydrogens is 252 g/mol. The maximum atomic E-state index is 11.5. The van der Waals surface area contributed by atoms with Crippen LogP contribution in [0.25, 0.3) is 0 Å². The summed E-state index contributed by atoms with van der Waals surface area (Å²) >= 11 is 7.46. The van der Waals surface area contributed by atoms with Gasteiger partial charge in [-0.2, -0.15) is 25.3 Å². The van der Waals surface area contributed by atoms with E-state index in [1.54, 1.807) is 0 Å². The van der Waals surface area contributed by atoms with Crippen molar-refractivity contribution in [2.75, 3.05) is 24.6 Å². The van der Waals surface area contributed by atoms with Gasteiger partial charge in [0.05, 0.1) is 11.5 Å². The van der Waals surface area contributed by atoms with Crippen LogP contribution in [0.4, 0.5) is 0 Å². The van der Waals surface area contributed by atoms with Crippen LogP contribution in [0.1, 0.15) is 0 Å². The SMILES string of the molecule is O=C(CS)N1CC(=O)N(C(=O)CS)CC1=O. The topological polar surface area (TPSA) is 74.8 Å². The summed E-state index contributed by atoms with van der Waals surface area (Å²) in [6.45, 7) is -0.810. The molecule has 0 aromatic carbocycles. The predicted molar refractivity (Wildman–Crippen MR) is 61.1 cm³/mol. The molecule has 0 bridgehead atoms. The second-order valence-electron chi connectivity index (χ2n) is 3.06. The molecule has 1 fully saturated rings. The fourth-order valence-corrected chi connectivity index (χ4v) is 1.58. The number of piperazine rings is 1. The van der Waals surface area contributed by atoms with Gasteiger partial charge in [-0.25, -0.2) is 0 Å². The van der Waals surface area contributed by atoms with Gasteiger partial charge in [0.15, 0.2) is 0 Å². The number of imide groups is 2. The molecule has 0 saturated carbocycles. The fourth-order valence-electron chi connectivity index (χ4n) is 1.24. The van der Waals surface area contributed by atoms with E-state index in [9.17, 15) is 19.2 Å². The summed E-state index contributed by atoms with van der Waals surface area (Å²) in [7, 11) is 0. The molecule has 1 heterocycles. The Bertz CT molecular complexity index is 324. The van der Waals surface area contributed by atoms with Crippen LogP contribution < -0.4 is 0 Å². The number of carbonyl (C=O) groups is 4. The lowest BCUT2D eigenvalue weighted by atomic mass is 10.3. The summed E-state index contributed by atoms with van der Waals surface area (Å²) in [5.41, 5.74) is 0. The monoisotopic (exact) mass is 262 g/mol. The van der Waals surface area contributed by atoms with Crippen molar-refractivity contribution in [3.05, 3.63) is 0 Å². The number of hydrogen-bond donors (Lipinski definition) is 2. The van der Waals surface area contributed by atoms with Gasteiger partial charge >= 0.3 is 0 Å². The van der Waals surface area contributed by atoms with E-state index in [-0.39, 0.29) is 11.5 Å². The van der Waals surface area contributed by atoms with Crippen LogP contribution in [0.5, 0.6) is 0 Å². The Morgan fingerprint density at radius 3 is 1.50 bits per heavy atom. The Kier molecular flexibility index (Phi) is 4.36. The highest BCUT2D eigenvalue weighted by Crippen LogP contribution is 2.07. The van der Waals surface area contributed by atoms with Crippen LogP contribution >= 0.6 is 25.3 Å². The molecule has 0 aliphatic carbocycles. The Morgan fingerprint density at radius 1 is 0.938 bits per heavy atom. The first-order chi connectivity index (χ1) is 7.51. The molecule has 8 heteroatoms. The number of carbonyl (C=O) groups excluding carboxylic acids is 4. The van der Waals surface area contributed by atoms with Crippen molar-refractivity contribution in [2.24, 2.45) is 0 Å². The molecule has 4 amide bonds.